The first-order valence-electron chi connectivity index (χ1n) is 3.50. The minimum absolute atomic E-state index is 0.395. The fraction of sp³-hybridized carbons (Fsp3) is 0.714. The van der Waals surface area contributed by atoms with E-state index < -0.39 is 6.03 Å². The molecule has 0 fully saturated rings. The van der Waals surface area contributed by atoms with Crippen molar-refractivity contribution in [3.8, 4) is 0 Å². The Kier molecular flexibility index (Phi) is 4.26. The van der Waals surface area contributed by atoms with E-state index in [4.69, 9.17) is 5.73 Å². The van der Waals surface area contributed by atoms with Crippen LogP contribution in [0.1, 0.15) is 13.3 Å². The van der Waals surface area contributed by atoms with Crippen molar-refractivity contribution < 1.29 is 4.79 Å². The summed E-state index contributed by atoms with van der Waals surface area (Å²) in [6, 6.07) is -0.395. The largest absolute Gasteiger partial charge is 0.351 e. The molecule has 0 heterocycles. The summed E-state index contributed by atoms with van der Waals surface area (Å²) in [5.74, 6) is 0. The van der Waals surface area contributed by atoms with E-state index in [-0.39, 0.29) is 0 Å². The van der Waals surface area contributed by atoms with Crippen LogP contribution in [0, 0.1) is 0 Å². The van der Waals surface area contributed by atoms with Gasteiger partial charge in [-0.15, -0.1) is 0 Å². The smallest absolute Gasteiger partial charge is 0.314 e. The standard InChI is InChI=1S/C7H15N3O/c1-6(9-2)4-5-10(3)7(8)11/h4-5H2,1-3H3,(H2,8,11). The van der Waals surface area contributed by atoms with Gasteiger partial charge in [0.15, 0.2) is 0 Å². The number of hydrogen-bond donors (Lipinski definition) is 1. The van der Waals surface area contributed by atoms with Gasteiger partial charge in [0.2, 0.25) is 0 Å². The number of amides is 2. The predicted octanol–water partition coefficient (Wildman–Crippen LogP) is 0.478. The minimum atomic E-state index is -0.395. The van der Waals surface area contributed by atoms with Gasteiger partial charge in [-0.1, -0.05) is 0 Å². The Hall–Kier alpha value is -1.06. The van der Waals surface area contributed by atoms with E-state index in [2.05, 4.69) is 4.99 Å². The maximum absolute atomic E-state index is 10.5. The molecule has 11 heavy (non-hydrogen) atoms. The van der Waals surface area contributed by atoms with Crippen molar-refractivity contribution in [2.75, 3.05) is 20.6 Å². The molecule has 0 spiro atoms. The molecule has 0 saturated heterocycles. The van der Waals surface area contributed by atoms with Crippen LogP contribution in [0.5, 0.6) is 0 Å². The van der Waals surface area contributed by atoms with E-state index in [9.17, 15) is 4.79 Å². The Balaban J connectivity index is 3.62. The third-order valence-electron chi connectivity index (χ3n) is 1.57. The molecule has 0 aromatic heterocycles. The number of nitrogens with zero attached hydrogens (tertiary/aromatic N) is 2. The summed E-state index contributed by atoms with van der Waals surface area (Å²) in [5, 5.41) is 0. The number of nitrogens with two attached hydrogens (primary N) is 1. The van der Waals surface area contributed by atoms with Crippen LogP contribution in [-0.4, -0.2) is 37.3 Å². The average molecular weight is 157 g/mol. The van der Waals surface area contributed by atoms with Crippen LogP contribution in [0.4, 0.5) is 4.79 Å². The molecule has 0 bridgehead atoms. The van der Waals surface area contributed by atoms with Gasteiger partial charge in [-0.25, -0.2) is 4.79 Å². The van der Waals surface area contributed by atoms with E-state index in [0.717, 1.165) is 12.1 Å². The van der Waals surface area contributed by atoms with Gasteiger partial charge in [0, 0.05) is 32.8 Å². The molecule has 0 rings (SSSR count). The first-order valence-corrected chi connectivity index (χ1v) is 3.50. The van der Waals surface area contributed by atoms with Crippen molar-refractivity contribution in [1.82, 2.24) is 4.90 Å². The van der Waals surface area contributed by atoms with Crippen LogP contribution >= 0.6 is 0 Å². The highest BCUT2D eigenvalue weighted by molar-refractivity contribution is 5.82. The lowest BCUT2D eigenvalue weighted by atomic mass is 10.3. The van der Waals surface area contributed by atoms with Gasteiger partial charge in [0.05, 0.1) is 0 Å². The normalized spacial score (nSPS) is 11.4. The Bertz CT molecular complexity index is 165. The van der Waals surface area contributed by atoms with Crippen LogP contribution < -0.4 is 5.73 Å². The number of urea groups is 1. The van der Waals surface area contributed by atoms with Crippen molar-refractivity contribution in [3.05, 3.63) is 0 Å². The number of primary amides is 1. The number of hydrogen-bond acceptors (Lipinski definition) is 2. The summed E-state index contributed by atoms with van der Waals surface area (Å²) in [5.41, 5.74) is 6.04. The summed E-state index contributed by atoms with van der Waals surface area (Å²) < 4.78 is 0. The molecule has 0 saturated carbocycles. The number of carbonyl (C=O) groups is 1. The van der Waals surface area contributed by atoms with Gasteiger partial charge in [-0.05, 0) is 6.92 Å². The highest BCUT2D eigenvalue weighted by atomic mass is 16.2. The van der Waals surface area contributed by atoms with E-state index in [0.29, 0.717) is 6.54 Å². The number of carbonyl (C=O) groups excluding carboxylic acids is 1. The van der Waals surface area contributed by atoms with Crippen molar-refractivity contribution >= 4 is 11.7 Å². The molecule has 4 nitrogen and oxygen atoms in total. The molecular formula is C7H15N3O. The van der Waals surface area contributed by atoms with Crippen LogP contribution in [0.3, 0.4) is 0 Å². The molecule has 0 radical (unpaired) electrons. The maximum atomic E-state index is 10.5. The zero-order valence-corrected chi connectivity index (χ0v) is 7.29. The first kappa shape index (κ1) is 9.94. The SMILES string of the molecule is CN=C(C)CCN(C)C(N)=O. The summed E-state index contributed by atoms with van der Waals surface area (Å²) in [4.78, 5) is 15.9. The molecule has 64 valence electrons. The van der Waals surface area contributed by atoms with Crippen LogP contribution in [0.15, 0.2) is 4.99 Å². The molecule has 0 aromatic carbocycles. The molecule has 4 heteroatoms. The lowest BCUT2D eigenvalue weighted by Crippen LogP contribution is -2.33. The van der Waals surface area contributed by atoms with Gasteiger partial charge in [-0.3, -0.25) is 4.99 Å². The topological polar surface area (TPSA) is 58.7 Å². The second kappa shape index (κ2) is 4.71. The van der Waals surface area contributed by atoms with E-state index in [1.54, 1.807) is 14.1 Å². The van der Waals surface area contributed by atoms with Crippen molar-refractivity contribution in [1.29, 1.82) is 0 Å². The fourth-order valence-corrected chi connectivity index (χ4v) is 0.552. The highest BCUT2D eigenvalue weighted by Gasteiger charge is 2.01. The summed E-state index contributed by atoms with van der Waals surface area (Å²) in [6.07, 6.45) is 0.788. The third kappa shape index (κ3) is 4.36. The monoisotopic (exact) mass is 157 g/mol. The zero-order chi connectivity index (χ0) is 8.85. The number of aliphatic imine (C=N–C) groups is 1. The molecule has 0 aliphatic heterocycles. The molecular weight excluding hydrogens is 142 g/mol. The quantitative estimate of drug-likeness (QED) is 0.595. The first-order chi connectivity index (χ1) is 5.07. The molecule has 0 aliphatic rings. The van der Waals surface area contributed by atoms with E-state index in [1.807, 2.05) is 6.92 Å². The summed E-state index contributed by atoms with van der Waals surface area (Å²) >= 11 is 0. The van der Waals surface area contributed by atoms with Gasteiger partial charge >= 0.3 is 6.03 Å². The van der Waals surface area contributed by atoms with E-state index in [1.165, 1.54) is 4.90 Å². The van der Waals surface area contributed by atoms with Crippen LogP contribution in [0.25, 0.3) is 0 Å². The van der Waals surface area contributed by atoms with Gasteiger partial charge < -0.3 is 10.6 Å². The van der Waals surface area contributed by atoms with Crippen LogP contribution in [-0.2, 0) is 0 Å². The third-order valence-corrected chi connectivity index (χ3v) is 1.57. The fourth-order valence-electron chi connectivity index (χ4n) is 0.552. The van der Waals surface area contributed by atoms with Gasteiger partial charge in [0.25, 0.3) is 0 Å². The Morgan fingerprint density at radius 2 is 2.18 bits per heavy atom. The lowest BCUT2D eigenvalue weighted by Gasteiger charge is -2.12. The maximum Gasteiger partial charge on any atom is 0.314 e. The number of rotatable bonds is 3. The van der Waals surface area contributed by atoms with Gasteiger partial charge in [0.1, 0.15) is 0 Å². The van der Waals surface area contributed by atoms with Crippen molar-refractivity contribution in [3.63, 3.8) is 0 Å². The molecule has 2 amide bonds. The molecule has 0 aromatic rings. The van der Waals surface area contributed by atoms with Crippen molar-refractivity contribution in [2.24, 2.45) is 10.7 Å². The van der Waals surface area contributed by atoms with E-state index >= 15 is 0 Å². The Morgan fingerprint density at radius 1 is 1.64 bits per heavy atom. The summed E-state index contributed by atoms with van der Waals surface area (Å²) in [7, 11) is 3.41. The Morgan fingerprint density at radius 3 is 2.55 bits per heavy atom. The van der Waals surface area contributed by atoms with Gasteiger partial charge in [-0.2, -0.15) is 0 Å². The van der Waals surface area contributed by atoms with Crippen molar-refractivity contribution in [2.45, 2.75) is 13.3 Å². The Labute approximate surface area is 67.1 Å². The highest BCUT2D eigenvalue weighted by Crippen LogP contribution is 1.89. The lowest BCUT2D eigenvalue weighted by molar-refractivity contribution is 0.219. The predicted molar refractivity (Wildman–Crippen MR) is 45.9 cm³/mol. The minimum Gasteiger partial charge on any atom is -0.351 e. The van der Waals surface area contributed by atoms with Crippen LogP contribution in [0.2, 0.25) is 0 Å². The zero-order valence-electron chi connectivity index (χ0n) is 7.29. The molecule has 0 atom stereocenters. The molecule has 2 N–H and O–H groups in total. The average Bonchev–Trinajstić information content (AvgIpc) is 1.99. The molecule has 0 aliphatic carbocycles. The second-order valence-electron chi connectivity index (χ2n) is 2.47. The second-order valence-corrected chi connectivity index (χ2v) is 2.47. The molecule has 0 unspecified atom stereocenters. The summed E-state index contributed by atoms with van der Waals surface area (Å²) in [6.45, 7) is 2.56.